The van der Waals surface area contributed by atoms with E-state index in [0.717, 1.165) is 17.7 Å². The van der Waals surface area contributed by atoms with Gasteiger partial charge in [-0.2, -0.15) is 0 Å². The fraction of sp³-hybridized carbons (Fsp3) is 0.208. The molecule has 1 aliphatic heterocycles. The number of hydrogen-bond acceptors (Lipinski definition) is 5. The molecular weight excluding hydrogens is 432 g/mol. The first-order valence-corrected chi connectivity index (χ1v) is 10.2. The number of nitrogens with one attached hydrogen (secondary N) is 1. The van der Waals surface area contributed by atoms with Crippen molar-refractivity contribution in [3.8, 4) is 0 Å². The molecule has 9 heteroatoms. The zero-order valence-corrected chi connectivity index (χ0v) is 17.4. The van der Waals surface area contributed by atoms with Crippen molar-refractivity contribution in [3.63, 3.8) is 0 Å². The van der Waals surface area contributed by atoms with Gasteiger partial charge in [0.1, 0.15) is 24.3 Å². The van der Waals surface area contributed by atoms with E-state index in [1.165, 1.54) is 0 Å². The number of pyridine rings is 1. The first-order chi connectivity index (χ1) is 15.9. The van der Waals surface area contributed by atoms with E-state index in [-0.39, 0.29) is 31.2 Å². The van der Waals surface area contributed by atoms with Crippen molar-refractivity contribution in [3.05, 3.63) is 95.3 Å². The highest BCUT2D eigenvalue weighted by Gasteiger charge is 2.37. The van der Waals surface area contributed by atoms with Gasteiger partial charge < -0.3 is 20.1 Å². The largest absolute Gasteiger partial charge is 0.394 e. The number of nitrogens with zero attached hydrogens (tertiary/aromatic N) is 2. The summed E-state index contributed by atoms with van der Waals surface area (Å²) in [6.07, 6.45) is 2.72. The Balaban J connectivity index is 1.49. The zero-order chi connectivity index (χ0) is 23.4. The summed E-state index contributed by atoms with van der Waals surface area (Å²) in [5, 5.41) is 12.6. The second-order valence-corrected chi connectivity index (χ2v) is 7.60. The van der Waals surface area contributed by atoms with E-state index in [1.807, 2.05) is 6.07 Å². The van der Waals surface area contributed by atoms with Crippen LogP contribution in [0.1, 0.15) is 27.6 Å². The third-order valence-corrected chi connectivity index (χ3v) is 5.34. The Labute approximate surface area is 188 Å². The maximum Gasteiger partial charge on any atom is 0.255 e. The van der Waals surface area contributed by atoms with Crippen LogP contribution in [0.15, 0.2) is 67.0 Å². The molecule has 0 spiro atoms. The van der Waals surface area contributed by atoms with Gasteiger partial charge in [-0.3, -0.25) is 14.6 Å². The van der Waals surface area contributed by atoms with Crippen LogP contribution in [0.5, 0.6) is 0 Å². The van der Waals surface area contributed by atoms with Gasteiger partial charge in [0.25, 0.3) is 5.91 Å². The number of halogens is 2. The van der Waals surface area contributed by atoms with E-state index in [2.05, 4.69) is 10.3 Å². The molecule has 33 heavy (non-hydrogen) atoms. The molecule has 1 aliphatic rings. The van der Waals surface area contributed by atoms with E-state index in [4.69, 9.17) is 4.74 Å². The minimum atomic E-state index is -0.842. The lowest BCUT2D eigenvalue weighted by molar-refractivity contribution is -0.162. The van der Waals surface area contributed by atoms with E-state index >= 15 is 0 Å². The number of aliphatic hydroxyl groups excluding tert-OH is 1. The number of anilines is 1. The average molecular weight is 453 g/mol. The molecule has 3 aromatic rings. The molecule has 0 radical (unpaired) electrons. The topological polar surface area (TPSA) is 91.8 Å². The third-order valence-electron chi connectivity index (χ3n) is 5.34. The number of carbonyl (C=O) groups excluding carboxylic acids is 2. The molecule has 2 atom stereocenters. The number of amides is 2. The molecular formula is C24H21F2N3O4. The molecule has 2 aromatic carbocycles. The summed E-state index contributed by atoms with van der Waals surface area (Å²) in [7, 11) is 0. The van der Waals surface area contributed by atoms with Crippen LogP contribution >= 0.6 is 0 Å². The van der Waals surface area contributed by atoms with Gasteiger partial charge in [0.05, 0.1) is 12.6 Å². The predicted molar refractivity (Wildman–Crippen MR) is 115 cm³/mol. The van der Waals surface area contributed by atoms with Gasteiger partial charge in [-0.1, -0.05) is 18.2 Å². The number of aliphatic hydroxyl groups is 1. The Morgan fingerprint density at radius 1 is 1.15 bits per heavy atom. The highest BCUT2D eigenvalue weighted by atomic mass is 19.1. The Morgan fingerprint density at radius 3 is 2.52 bits per heavy atom. The van der Waals surface area contributed by atoms with Crippen molar-refractivity contribution in [2.75, 3.05) is 18.5 Å². The van der Waals surface area contributed by atoms with E-state index in [9.17, 15) is 23.5 Å². The summed E-state index contributed by atoms with van der Waals surface area (Å²) in [5.74, 6) is -2.58. The lowest BCUT2D eigenvalue weighted by atomic mass is 9.98. The molecule has 4 rings (SSSR count). The lowest BCUT2D eigenvalue weighted by Crippen LogP contribution is -2.52. The quantitative estimate of drug-likeness (QED) is 0.599. The number of hydrogen-bond donors (Lipinski definition) is 2. The highest BCUT2D eigenvalue weighted by Crippen LogP contribution is 2.31. The van der Waals surface area contributed by atoms with Crippen LogP contribution in [-0.2, 0) is 16.1 Å². The molecule has 7 nitrogen and oxygen atoms in total. The van der Waals surface area contributed by atoms with Gasteiger partial charge in [0.15, 0.2) is 0 Å². The number of carbonyl (C=O) groups is 2. The predicted octanol–water partition coefficient (Wildman–Crippen LogP) is 3.07. The molecule has 1 fully saturated rings. The number of aromatic nitrogens is 1. The maximum absolute atomic E-state index is 13.4. The van der Waals surface area contributed by atoms with E-state index in [0.29, 0.717) is 17.3 Å². The Kier molecular flexibility index (Phi) is 6.71. The lowest BCUT2D eigenvalue weighted by Gasteiger charge is -2.40. The molecule has 2 heterocycles. The normalized spacial score (nSPS) is 18.3. The molecule has 2 N–H and O–H groups in total. The van der Waals surface area contributed by atoms with Crippen LogP contribution in [-0.4, -0.2) is 46.1 Å². The first-order valence-electron chi connectivity index (χ1n) is 10.2. The maximum atomic E-state index is 13.4. The molecule has 0 bridgehead atoms. The van der Waals surface area contributed by atoms with Crippen molar-refractivity contribution in [1.29, 1.82) is 0 Å². The summed E-state index contributed by atoms with van der Waals surface area (Å²) in [6, 6.07) is 12.2. The van der Waals surface area contributed by atoms with E-state index in [1.54, 1.807) is 47.6 Å². The van der Waals surface area contributed by atoms with Gasteiger partial charge in [-0.25, -0.2) is 8.78 Å². The van der Waals surface area contributed by atoms with Gasteiger partial charge in [-0.05, 0) is 41.5 Å². The van der Waals surface area contributed by atoms with Crippen molar-refractivity contribution < 1.29 is 28.2 Å². The summed E-state index contributed by atoms with van der Waals surface area (Å²) >= 11 is 0. The number of benzene rings is 2. The van der Waals surface area contributed by atoms with Gasteiger partial charge in [-0.15, -0.1) is 0 Å². The highest BCUT2D eigenvalue weighted by molar-refractivity contribution is 6.04. The second kappa shape index (κ2) is 9.85. The molecule has 0 aliphatic carbocycles. The van der Waals surface area contributed by atoms with Gasteiger partial charge in [0, 0.05) is 36.3 Å². The fourth-order valence-electron chi connectivity index (χ4n) is 3.75. The molecule has 0 unspecified atom stereocenters. The summed E-state index contributed by atoms with van der Waals surface area (Å²) in [6.45, 7) is -0.151. The third kappa shape index (κ3) is 5.21. The van der Waals surface area contributed by atoms with E-state index < -0.39 is 29.7 Å². The molecule has 2 amide bonds. The SMILES string of the molecule is O=C(Nc1ccc([C@H]2OCC(=O)N(Cc3cccnc3)[C@@H]2CO)cc1)c1cc(F)cc(F)c1. The number of rotatable bonds is 6. The minimum Gasteiger partial charge on any atom is -0.394 e. The smallest absolute Gasteiger partial charge is 0.255 e. The molecule has 1 saturated heterocycles. The fourth-order valence-corrected chi connectivity index (χ4v) is 3.75. The monoisotopic (exact) mass is 453 g/mol. The average Bonchev–Trinajstić information content (AvgIpc) is 2.81. The molecule has 170 valence electrons. The van der Waals surface area contributed by atoms with Gasteiger partial charge in [0.2, 0.25) is 5.91 Å². The molecule has 1 aromatic heterocycles. The molecule has 0 saturated carbocycles. The van der Waals surface area contributed by atoms with Crippen LogP contribution in [0.2, 0.25) is 0 Å². The van der Waals surface area contributed by atoms with Crippen molar-refractivity contribution >= 4 is 17.5 Å². The second-order valence-electron chi connectivity index (χ2n) is 7.60. The van der Waals surface area contributed by atoms with Crippen molar-refractivity contribution in [1.82, 2.24) is 9.88 Å². The summed E-state index contributed by atoms with van der Waals surface area (Å²) < 4.78 is 32.5. The Morgan fingerprint density at radius 2 is 1.88 bits per heavy atom. The standard InChI is InChI=1S/C24H21F2N3O4/c25-18-8-17(9-19(26)10-18)24(32)28-20-5-3-16(4-6-20)23-21(13-30)29(22(31)14-33-23)12-15-2-1-7-27-11-15/h1-11,21,23,30H,12-14H2,(H,28,32)/t21-,23-/m1/s1. The first kappa shape index (κ1) is 22.5. The number of ether oxygens (including phenoxy) is 1. The Hall–Kier alpha value is -3.69. The van der Waals surface area contributed by atoms with Crippen LogP contribution in [0.3, 0.4) is 0 Å². The van der Waals surface area contributed by atoms with Crippen molar-refractivity contribution in [2.24, 2.45) is 0 Å². The van der Waals surface area contributed by atoms with Crippen molar-refractivity contribution in [2.45, 2.75) is 18.7 Å². The Bertz CT molecular complexity index is 1120. The summed E-state index contributed by atoms with van der Waals surface area (Å²) in [5.41, 5.74) is 1.80. The minimum absolute atomic E-state index is 0.134. The summed E-state index contributed by atoms with van der Waals surface area (Å²) in [4.78, 5) is 30.4. The van der Waals surface area contributed by atoms with Crippen LogP contribution in [0.25, 0.3) is 0 Å². The van der Waals surface area contributed by atoms with Crippen LogP contribution in [0, 0.1) is 11.6 Å². The zero-order valence-electron chi connectivity index (χ0n) is 17.4. The van der Waals surface area contributed by atoms with Gasteiger partial charge >= 0.3 is 0 Å². The number of morpholine rings is 1. The van der Waals surface area contributed by atoms with Crippen LogP contribution < -0.4 is 5.32 Å². The van der Waals surface area contributed by atoms with Crippen LogP contribution in [0.4, 0.5) is 14.5 Å².